The van der Waals surface area contributed by atoms with Crippen molar-refractivity contribution in [1.29, 1.82) is 0 Å². The van der Waals surface area contributed by atoms with Crippen LogP contribution in [0.3, 0.4) is 0 Å². The van der Waals surface area contributed by atoms with Gasteiger partial charge in [0.05, 0.1) is 23.4 Å². The fourth-order valence-electron chi connectivity index (χ4n) is 2.74. The van der Waals surface area contributed by atoms with E-state index in [1.807, 2.05) is 0 Å². The van der Waals surface area contributed by atoms with E-state index in [1.54, 1.807) is 4.72 Å². The Morgan fingerprint density at radius 3 is 2.54 bits per heavy atom. The molecular formula is C16H21ClFNO4S. The molecule has 1 aliphatic rings. The van der Waals surface area contributed by atoms with Crippen molar-refractivity contribution >= 4 is 27.5 Å². The predicted molar refractivity (Wildman–Crippen MR) is 90.3 cm³/mol. The zero-order chi connectivity index (χ0) is 17.9. The van der Waals surface area contributed by atoms with E-state index in [-0.39, 0.29) is 10.8 Å². The minimum absolute atomic E-state index is 0.0687. The fraction of sp³-hybridized carbons (Fsp3) is 0.562. The first-order chi connectivity index (χ1) is 11.2. The molecule has 1 saturated carbocycles. The number of nitrogens with one attached hydrogen (secondary N) is 1. The molecule has 8 heteroatoms. The lowest BCUT2D eigenvalue weighted by atomic mass is 9.83. The van der Waals surface area contributed by atoms with Gasteiger partial charge >= 0.3 is 0 Å². The van der Waals surface area contributed by atoms with Crippen LogP contribution in [0.5, 0.6) is 5.75 Å². The standard InChI is InChI=1S/C16H21ClFNO4S/c1-10-3-5-11(6-4-10)9-23-15-8-14(18)12(7-13(15)17)16(20)19-24(2,21)22/h7-8,10-11H,3-6,9H2,1-2H3,(H,19,20). The van der Waals surface area contributed by atoms with Gasteiger partial charge in [-0.05, 0) is 30.7 Å². The van der Waals surface area contributed by atoms with Crippen molar-refractivity contribution in [3.63, 3.8) is 0 Å². The van der Waals surface area contributed by atoms with Gasteiger partial charge in [0.15, 0.2) is 0 Å². The summed E-state index contributed by atoms with van der Waals surface area (Å²) in [4.78, 5) is 11.8. The van der Waals surface area contributed by atoms with Crippen molar-refractivity contribution in [3.05, 3.63) is 28.5 Å². The lowest BCUT2D eigenvalue weighted by Crippen LogP contribution is -2.30. The molecule has 134 valence electrons. The zero-order valence-corrected chi connectivity index (χ0v) is 15.2. The highest BCUT2D eigenvalue weighted by Gasteiger charge is 2.21. The maximum atomic E-state index is 14.1. The summed E-state index contributed by atoms with van der Waals surface area (Å²) in [6.45, 7) is 2.67. The first kappa shape index (κ1) is 19.0. The van der Waals surface area contributed by atoms with Crippen LogP contribution in [0.4, 0.5) is 4.39 Å². The SMILES string of the molecule is CC1CCC(COc2cc(F)c(C(=O)NS(C)(=O)=O)cc2Cl)CC1. The molecule has 0 saturated heterocycles. The Labute approximate surface area is 146 Å². The Kier molecular flexibility index (Phi) is 6.09. The molecule has 0 aromatic heterocycles. The van der Waals surface area contributed by atoms with Gasteiger partial charge in [0, 0.05) is 6.07 Å². The van der Waals surface area contributed by atoms with Crippen LogP contribution in [0.25, 0.3) is 0 Å². The summed E-state index contributed by atoms with van der Waals surface area (Å²) in [6, 6.07) is 2.10. The Morgan fingerprint density at radius 2 is 1.96 bits per heavy atom. The van der Waals surface area contributed by atoms with E-state index in [9.17, 15) is 17.6 Å². The molecular weight excluding hydrogens is 357 g/mol. The zero-order valence-electron chi connectivity index (χ0n) is 13.6. The second kappa shape index (κ2) is 7.70. The van der Waals surface area contributed by atoms with Gasteiger partial charge in [-0.25, -0.2) is 17.5 Å². The van der Waals surface area contributed by atoms with Gasteiger partial charge in [-0.1, -0.05) is 31.4 Å². The van der Waals surface area contributed by atoms with Crippen LogP contribution in [0.2, 0.25) is 5.02 Å². The van der Waals surface area contributed by atoms with Gasteiger partial charge in [-0.15, -0.1) is 0 Å². The normalized spacial score (nSPS) is 21.3. The molecule has 1 aromatic rings. The predicted octanol–water partition coefficient (Wildman–Crippen LogP) is 3.37. The van der Waals surface area contributed by atoms with Crippen LogP contribution in [-0.4, -0.2) is 27.2 Å². The summed E-state index contributed by atoms with van der Waals surface area (Å²) in [5, 5.41) is 0.0687. The lowest BCUT2D eigenvalue weighted by Gasteiger charge is -2.26. The summed E-state index contributed by atoms with van der Waals surface area (Å²) in [6.07, 6.45) is 5.25. The van der Waals surface area contributed by atoms with Crippen LogP contribution in [-0.2, 0) is 10.0 Å². The van der Waals surface area contributed by atoms with E-state index in [0.29, 0.717) is 12.5 Å². The van der Waals surface area contributed by atoms with E-state index in [2.05, 4.69) is 6.92 Å². The monoisotopic (exact) mass is 377 g/mol. The van der Waals surface area contributed by atoms with Crippen LogP contribution in [0.15, 0.2) is 12.1 Å². The summed E-state index contributed by atoms with van der Waals surface area (Å²) in [7, 11) is -3.78. The van der Waals surface area contributed by atoms with Crippen LogP contribution in [0, 0.1) is 17.7 Å². The van der Waals surface area contributed by atoms with Crippen molar-refractivity contribution in [2.45, 2.75) is 32.6 Å². The number of carbonyl (C=O) groups excluding carboxylic acids is 1. The third-order valence-electron chi connectivity index (χ3n) is 4.15. The summed E-state index contributed by atoms with van der Waals surface area (Å²) in [5.41, 5.74) is -0.440. The summed E-state index contributed by atoms with van der Waals surface area (Å²) in [5.74, 6) is -0.648. The lowest BCUT2D eigenvalue weighted by molar-refractivity contribution is 0.0977. The first-order valence-electron chi connectivity index (χ1n) is 7.79. The van der Waals surface area contributed by atoms with E-state index >= 15 is 0 Å². The van der Waals surface area contributed by atoms with Crippen molar-refractivity contribution in [1.82, 2.24) is 4.72 Å². The summed E-state index contributed by atoms with van der Waals surface area (Å²) < 4.78 is 43.5. The van der Waals surface area contributed by atoms with Gasteiger partial charge in [0.25, 0.3) is 5.91 Å². The molecule has 0 radical (unpaired) electrons. The van der Waals surface area contributed by atoms with Gasteiger partial charge in [0.2, 0.25) is 10.0 Å². The number of hydrogen-bond acceptors (Lipinski definition) is 4. The van der Waals surface area contributed by atoms with Crippen molar-refractivity contribution < 1.29 is 22.3 Å². The van der Waals surface area contributed by atoms with Gasteiger partial charge < -0.3 is 4.74 Å². The fourth-order valence-corrected chi connectivity index (χ4v) is 3.40. The molecule has 1 aromatic carbocycles. The second-order valence-electron chi connectivity index (χ2n) is 6.40. The molecule has 0 unspecified atom stereocenters. The minimum atomic E-state index is -3.78. The number of halogens is 2. The first-order valence-corrected chi connectivity index (χ1v) is 10.1. The maximum absolute atomic E-state index is 14.1. The molecule has 24 heavy (non-hydrogen) atoms. The van der Waals surface area contributed by atoms with Gasteiger partial charge in [0.1, 0.15) is 11.6 Å². The number of sulfonamides is 1. The van der Waals surface area contributed by atoms with Crippen molar-refractivity contribution in [2.75, 3.05) is 12.9 Å². The number of carbonyl (C=O) groups is 1. The van der Waals surface area contributed by atoms with E-state index in [0.717, 1.165) is 50.0 Å². The Morgan fingerprint density at radius 1 is 1.33 bits per heavy atom. The number of amides is 1. The molecule has 2 rings (SSSR count). The number of ether oxygens (including phenoxy) is 1. The Balaban J connectivity index is 2.05. The van der Waals surface area contributed by atoms with E-state index < -0.39 is 27.3 Å². The molecule has 0 spiro atoms. The average molecular weight is 378 g/mol. The molecule has 5 nitrogen and oxygen atoms in total. The highest BCUT2D eigenvalue weighted by Crippen LogP contribution is 2.31. The molecule has 1 amide bonds. The summed E-state index contributed by atoms with van der Waals surface area (Å²) >= 11 is 6.04. The van der Waals surface area contributed by atoms with E-state index in [4.69, 9.17) is 16.3 Å². The van der Waals surface area contributed by atoms with Crippen molar-refractivity contribution in [3.8, 4) is 5.75 Å². The number of rotatable bonds is 5. The Bertz CT molecular complexity index is 715. The number of benzene rings is 1. The minimum Gasteiger partial charge on any atom is -0.492 e. The molecule has 1 N–H and O–H groups in total. The van der Waals surface area contributed by atoms with Gasteiger partial charge in [-0.2, -0.15) is 0 Å². The highest BCUT2D eigenvalue weighted by molar-refractivity contribution is 7.89. The topological polar surface area (TPSA) is 72.5 Å². The quantitative estimate of drug-likeness (QED) is 0.853. The maximum Gasteiger partial charge on any atom is 0.267 e. The van der Waals surface area contributed by atoms with Crippen LogP contribution in [0.1, 0.15) is 43.0 Å². The van der Waals surface area contributed by atoms with Crippen LogP contribution >= 0.6 is 11.6 Å². The highest BCUT2D eigenvalue weighted by atomic mass is 35.5. The molecule has 0 atom stereocenters. The van der Waals surface area contributed by atoms with E-state index in [1.165, 1.54) is 0 Å². The third-order valence-corrected chi connectivity index (χ3v) is 5.01. The smallest absolute Gasteiger partial charge is 0.267 e. The molecule has 0 heterocycles. The largest absolute Gasteiger partial charge is 0.492 e. The third kappa shape index (κ3) is 5.34. The number of hydrogen-bond donors (Lipinski definition) is 1. The van der Waals surface area contributed by atoms with Crippen LogP contribution < -0.4 is 9.46 Å². The molecule has 0 aliphatic heterocycles. The van der Waals surface area contributed by atoms with Crippen molar-refractivity contribution in [2.24, 2.45) is 11.8 Å². The molecule has 1 aliphatic carbocycles. The Hall–Kier alpha value is -1.34. The van der Waals surface area contributed by atoms with Gasteiger partial charge in [-0.3, -0.25) is 4.79 Å². The molecule has 0 bridgehead atoms. The average Bonchev–Trinajstić information content (AvgIpc) is 2.47. The molecule has 1 fully saturated rings. The second-order valence-corrected chi connectivity index (χ2v) is 8.56.